The van der Waals surface area contributed by atoms with E-state index in [1.165, 1.54) is 0 Å². The molecule has 3 N–H and O–H groups in total. The summed E-state index contributed by atoms with van der Waals surface area (Å²) in [7, 11) is 0. The molecule has 0 radical (unpaired) electrons. The number of nitrogens with zero attached hydrogens (tertiary/aromatic N) is 3. The van der Waals surface area contributed by atoms with Gasteiger partial charge in [-0.1, -0.05) is 30.3 Å². The quantitative estimate of drug-likeness (QED) is 0.767. The van der Waals surface area contributed by atoms with Crippen LogP contribution in [-0.2, 0) is 0 Å². The summed E-state index contributed by atoms with van der Waals surface area (Å²) in [6, 6.07) is 9.81. The summed E-state index contributed by atoms with van der Waals surface area (Å²) in [6.07, 6.45) is 2.78. The largest absolute Gasteiger partial charge is 0.323 e. The Labute approximate surface area is 98.4 Å². The van der Waals surface area contributed by atoms with Gasteiger partial charge in [-0.3, -0.25) is 4.98 Å². The molecule has 0 saturated carbocycles. The molecule has 1 unspecified atom stereocenters. The Kier molecular flexibility index (Phi) is 2.31. The Balaban J connectivity index is 2.02. The molecular formula is C12H11N5. The van der Waals surface area contributed by atoms with Gasteiger partial charge in [0.05, 0.1) is 0 Å². The Morgan fingerprint density at radius 1 is 1.06 bits per heavy atom. The Bertz CT molecular complexity index is 564. The Morgan fingerprint density at radius 2 is 1.82 bits per heavy atom. The van der Waals surface area contributed by atoms with Crippen LogP contribution in [0.3, 0.4) is 0 Å². The minimum absolute atomic E-state index is 0.463. The van der Waals surface area contributed by atoms with Crippen molar-refractivity contribution in [1.29, 1.82) is 0 Å². The maximum Gasteiger partial charge on any atom is 0.156 e. The summed E-state index contributed by atoms with van der Waals surface area (Å²) in [5.41, 5.74) is 7.60. The molecular weight excluding hydrogens is 214 g/mol. The number of aromatic nitrogens is 2. The van der Waals surface area contributed by atoms with Gasteiger partial charge in [-0.2, -0.15) is 0 Å². The van der Waals surface area contributed by atoms with Gasteiger partial charge in [-0.25, -0.2) is 9.98 Å². The summed E-state index contributed by atoms with van der Waals surface area (Å²) < 4.78 is 0. The second-order valence-electron chi connectivity index (χ2n) is 3.70. The molecule has 0 amide bonds. The first-order chi connectivity index (χ1) is 8.34. The summed E-state index contributed by atoms with van der Waals surface area (Å²) >= 11 is 0. The van der Waals surface area contributed by atoms with E-state index in [2.05, 4.69) is 20.3 Å². The van der Waals surface area contributed by atoms with Crippen LogP contribution >= 0.6 is 0 Å². The average Bonchev–Trinajstić information content (AvgIpc) is 2.40. The van der Waals surface area contributed by atoms with Crippen molar-refractivity contribution in [2.45, 2.75) is 6.17 Å². The van der Waals surface area contributed by atoms with Crippen molar-refractivity contribution in [2.24, 2.45) is 10.7 Å². The number of hydrogen-bond donors (Lipinski definition) is 2. The Hall–Kier alpha value is -2.27. The standard InChI is InChI=1S/C12H11N5/c13-10-9-12(15-7-6-14-9)17-11(16-10)8-4-2-1-3-5-8/h1-7,10H,13H2,(H,15,16,17). The molecule has 0 aliphatic carbocycles. The molecule has 1 aliphatic rings. The molecule has 84 valence electrons. The van der Waals surface area contributed by atoms with E-state index in [0.717, 1.165) is 11.4 Å². The van der Waals surface area contributed by atoms with E-state index in [0.29, 0.717) is 11.5 Å². The van der Waals surface area contributed by atoms with Gasteiger partial charge >= 0.3 is 0 Å². The number of nitrogens with two attached hydrogens (primary N) is 1. The summed E-state index contributed by atoms with van der Waals surface area (Å²) in [5.74, 6) is 1.40. The molecule has 1 atom stereocenters. The highest BCUT2D eigenvalue weighted by Crippen LogP contribution is 2.23. The lowest BCUT2D eigenvalue weighted by atomic mass is 10.1. The maximum absolute atomic E-state index is 5.94. The van der Waals surface area contributed by atoms with Crippen molar-refractivity contribution < 1.29 is 0 Å². The van der Waals surface area contributed by atoms with Crippen molar-refractivity contribution in [3.63, 3.8) is 0 Å². The first kappa shape index (κ1) is 9.92. The van der Waals surface area contributed by atoms with Gasteiger partial charge in [0.2, 0.25) is 0 Å². The zero-order chi connectivity index (χ0) is 11.7. The number of fused-ring (bicyclic) bond motifs is 1. The third kappa shape index (κ3) is 1.76. The van der Waals surface area contributed by atoms with Crippen LogP contribution < -0.4 is 11.1 Å². The molecule has 5 nitrogen and oxygen atoms in total. The van der Waals surface area contributed by atoms with E-state index in [-0.39, 0.29) is 0 Å². The molecule has 2 heterocycles. The predicted molar refractivity (Wildman–Crippen MR) is 65.6 cm³/mol. The fraction of sp³-hybridized carbons (Fsp3) is 0.0833. The molecule has 1 aromatic heterocycles. The lowest BCUT2D eigenvalue weighted by Crippen LogP contribution is -2.26. The molecule has 2 aromatic rings. The van der Waals surface area contributed by atoms with E-state index < -0.39 is 6.17 Å². The monoisotopic (exact) mass is 225 g/mol. The number of nitrogens with one attached hydrogen (secondary N) is 1. The van der Waals surface area contributed by atoms with Gasteiger partial charge in [0.25, 0.3) is 0 Å². The highest BCUT2D eigenvalue weighted by atomic mass is 15.2. The number of hydrogen-bond acceptors (Lipinski definition) is 5. The van der Waals surface area contributed by atoms with Gasteiger partial charge in [0.15, 0.2) is 5.82 Å². The smallest absolute Gasteiger partial charge is 0.156 e. The topological polar surface area (TPSA) is 76.2 Å². The second kappa shape index (κ2) is 3.95. The van der Waals surface area contributed by atoms with Gasteiger partial charge in [0, 0.05) is 18.0 Å². The molecule has 1 aliphatic heterocycles. The fourth-order valence-corrected chi connectivity index (χ4v) is 1.75. The lowest BCUT2D eigenvalue weighted by molar-refractivity contribution is 0.731. The van der Waals surface area contributed by atoms with Crippen molar-refractivity contribution in [1.82, 2.24) is 9.97 Å². The van der Waals surface area contributed by atoms with Gasteiger partial charge < -0.3 is 11.1 Å². The van der Waals surface area contributed by atoms with E-state index in [9.17, 15) is 0 Å². The Morgan fingerprint density at radius 3 is 2.65 bits per heavy atom. The molecule has 0 bridgehead atoms. The van der Waals surface area contributed by atoms with Crippen LogP contribution in [0.4, 0.5) is 5.82 Å². The molecule has 5 heteroatoms. The van der Waals surface area contributed by atoms with Gasteiger partial charge in [-0.15, -0.1) is 0 Å². The van der Waals surface area contributed by atoms with Crippen LogP contribution in [0.15, 0.2) is 47.7 Å². The first-order valence-corrected chi connectivity index (χ1v) is 5.31. The average molecular weight is 225 g/mol. The second-order valence-corrected chi connectivity index (χ2v) is 3.70. The highest BCUT2D eigenvalue weighted by molar-refractivity contribution is 6.09. The first-order valence-electron chi connectivity index (χ1n) is 5.31. The van der Waals surface area contributed by atoms with E-state index in [1.807, 2.05) is 30.3 Å². The van der Waals surface area contributed by atoms with Crippen LogP contribution in [0.25, 0.3) is 0 Å². The summed E-state index contributed by atoms with van der Waals surface area (Å²) in [6.45, 7) is 0. The zero-order valence-electron chi connectivity index (χ0n) is 9.04. The van der Waals surface area contributed by atoms with Crippen LogP contribution in [0.2, 0.25) is 0 Å². The minimum atomic E-state index is -0.463. The van der Waals surface area contributed by atoms with Crippen LogP contribution in [0, 0.1) is 0 Å². The summed E-state index contributed by atoms with van der Waals surface area (Å²) in [4.78, 5) is 12.8. The lowest BCUT2D eigenvalue weighted by Gasteiger charge is -2.20. The molecule has 0 saturated heterocycles. The number of anilines is 1. The minimum Gasteiger partial charge on any atom is -0.323 e. The molecule has 1 aromatic carbocycles. The third-order valence-electron chi connectivity index (χ3n) is 2.56. The number of amidine groups is 1. The van der Waals surface area contributed by atoms with Crippen LogP contribution in [0.5, 0.6) is 0 Å². The van der Waals surface area contributed by atoms with Crippen molar-refractivity contribution in [3.05, 3.63) is 54.0 Å². The predicted octanol–water partition coefficient (Wildman–Crippen LogP) is 1.31. The van der Waals surface area contributed by atoms with Crippen molar-refractivity contribution >= 4 is 11.7 Å². The van der Waals surface area contributed by atoms with E-state index in [1.54, 1.807) is 12.4 Å². The van der Waals surface area contributed by atoms with Gasteiger partial charge in [0.1, 0.15) is 17.7 Å². The van der Waals surface area contributed by atoms with E-state index in [4.69, 9.17) is 5.73 Å². The van der Waals surface area contributed by atoms with Gasteiger partial charge in [-0.05, 0) is 0 Å². The van der Waals surface area contributed by atoms with E-state index >= 15 is 0 Å². The molecule has 0 fully saturated rings. The van der Waals surface area contributed by atoms with Crippen molar-refractivity contribution in [2.75, 3.05) is 5.32 Å². The van der Waals surface area contributed by atoms with Crippen molar-refractivity contribution in [3.8, 4) is 0 Å². The normalized spacial score (nSPS) is 17.9. The van der Waals surface area contributed by atoms with Crippen LogP contribution in [0.1, 0.15) is 17.4 Å². The van der Waals surface area contributed by atoms with Crippen LogP contribution in [-0.4, -0.2) is 15.8 Å². The SMILES string of the molecule is NC1N=C(c2ccccc2)Nc2nccnc21. The molecule has 3 rings (SSSR count). The third-order valence-corrected chi connectivity index (χ3v) is 2.56. The highest BCUT2D eigenvalue weighted by Gasteiger charge is 2.20. The number of benzene rings is 1. The fourth-order valence-electron chi connectivity index (χ4n) is 1.75. The molecule has 17 heavy (non-hydrogen) atoms. The summed E-state index contributed by atoms with van der Waals surface area (Å²) in [5, 5.41) is 3.14. The molecule has 0 spiro atoms. The maximum atomic E-state index is 5.94. The number of aliphatic imine (C=N–C) groups is 1. The number of rotatable bonds is 1. The zero-order valence-corrected chi connectivity index (χ0v) is 9.04.